The third-order valence-corrected chi connectivity index (χ3v) is 18.1. The van der Waals surface area contributed by atoms with E-state index in [1.807, 2.05) is 36.4 Å². The number of ether oxygens (including phenoxy) is 3. The number of nitrogens with one attached hydrogen (secondary N) is 2. The van der Waals surface area contributed by atoms with E-state index in [0.29, 0.717) is 42.7 Å². The van der Waals surface area contributed by atoms with Crippen LogP contribution in [0.25, 0.3) is 45.6 Å². The van der Waals surface area contributed by atoms with E-state index in [1.165, 1.54) is 24.3 Å². The van der Waals surface area contributed by atoms with E-state index in [0.717, 1.165) is 64.2 Å². The number of anilines is 1. The van der Waals surface area contributed by atoms with Crippen LogP contribution in [0.15, 0.2) is 160 Å². The lowest BCUT2D eigenvalue weighted by Gasteiger charge is -2.51. The number of aryl methyl sites for hydroxylation is 1. The van der Waals surface area contributed by atoms with Gasteiger partial charge in [-0.3, -0.25) is 4.79 Å². The highest BCUT2D eigenvalue weighted by Crippen LogP contribution is 2.59. The number of aromatic hydroxyl groups is 1. The van der Waals surface area contributed by atoms with Crippen molar-refractivity contribution in [2.24, 2.45) is 28.3 Å². The molecule has 6 heterocycles. The molecular formula is C71H70N6O8. The van der Waals surface area contributed by atoms with E-state index in [1.54, 1.807) is 30.3 Å². The third kappa shape index (κ3) is 10.5. The maximum Gasteiger partial charge on any atom is 0.204 e. The molecule has 2 aliphatic carbocycles. The summed E-state index contributed by atoms with van der Waals surface area (Å²) in [5.74, 6) is 8.69. The average molecular weight is 1140 g/mol. The van der Waals surface area contributed by atoms with Crippen LogP contribution in [0.4, 0.5) is 11.5 Å². The van der Waals surface area contributed by atoms with Crippen LogP contribution in [-0.4, -0.2) is 84.5 Å². The molecule has 9 N–H and O–H groups in total. The number of nitrogens with zero attached hydrogens (tertiary/aromatic N) is 2. The minimum absolute atomic E-state index is 0.0283. The van der Waals surface area contributed by atoms with Crippen LogP contribution in [0.5, 0.6) is 23.0 Å². The fourth-order valence-corrected chi connectivity index (χ4v) is 14.1. The molecule has 14 rings (SSSR count). The summed E-state index contributed by atoms with van der Waals surface area (Å²) in [5, 5.41) is 37.3. The zero-order chi connectivity index (χ0) is 58.3. The van der Waals surface area contributed by atoms with E-state index < -0.39 is 34.8 Å². The number of methoxy groups -OCH3 is 1. The number of piperazine rings is 1. The SMILES string of the molecule is CCc1cc2c([nH]1)N1CCN[C@@H]3C#C[C@H](Cc4cccc-2c4)c2c(c(OC)c(OCC[C@@H](O)/C=C/c4ccccc4)c4c(=O)cc(-c5ccc(O)cc5)oc24)OC[C@@H](CO)Cc2ccc(cc2N=C(N)N)[C@]2(C[C@@H]4C=Cc5ccccc5[C@@H]4C2)[C@H]31. The summed E-state index contributed by atoms with van der Waals surface area (Å²) in [6.07, 6.45) is 10.6. The van der Waals surface area contributed by atoms with E-state index >= 15 is 4.79 Å². The van der Waals surface area contributed by atoms with Gasteiger partial charge in [0.15, 0.2) is 28.5 Å². The first-order valence-corrected chi connectivity index (χ1v) is 29.6. The van der Waals surface area contributed by atoms with Crippen molar-refractivity contribution < 1.29 is 33.9 Å². The lowest BCUT2D eigenvalue weighted by Crippen LogP contribution is -2.65. The highest BCUT2D eigenvalue weighted by atomic mass is 16.5. The van der Waals surface area contributed by atoms with Crippen molar-refractivity contribution in [3.8, 4) is 57.3 Å². The Balaban J connectivity index is 1.08. The van der Waals surface area contributed by atoms with Crippen LogP contribution in [0.2, 0.25) is 0 Å². The average Bonchev–Trinajstić information content (AvgIpc) is 2.02. The van der Waals surface area contributed by atoms with Crippen molar-refractivity contribution in [1.82, 2.24) is 10.3 Å². The molecule has 6 aliphatic rings. The number of phenols is 1. The second-order valence-corrected chi connectivity index (χ2v) is 23.3. The van der Waals surface area contributed by atoms with Crippen LogP contribution < -0.4 is 41.3 Å². The highest BCUT2D eigenvalue weighted by Gasteiger charge is 2.56. The molecule has 1 saturated carbocycles. The Hall–Kier alpha value is -9.00. The molecule has 432 valence electrons. The van der Waals surface area contributed by atoms with Crippen molar-refractivity contribution >= 4 is 40.6 Å². The molecule has 0 radical (unpaired) electrons. The van der Waals surface area contributed by atoms with Crippen molar-refractivity contribution in [2.75, 3.05) is 44.9 Å². The highest BCUT2D eigenvalue weighted by molar-refractivity contribution is 5.94. The number of aliphatic hydroxyl groups is 2. The van der Waals surface area contributed by atoms with Crippen molar-refractivity contribution in [2.45, 2.75) is 80.9 Å². The Morgan fingerprint density at radius 1 is 0.929 bits per heavy atom. The number of fused-ring (bicyclic) bond motifs is 14. The molecule has 6 aromatic carbocycles. The zero-order valence-electron chi connectivity index (χ0n) is 47.8. The number of phenolic OH excluding ortho intramolecular Hbond substituents is 1. The topological polar surface area (TPSA) is 214 Å². The van der Waals surface area contributed by atoms with Crippen LogP contribution in [0.1, 0.15) is 82.7 Å². The number of aliphatic hydroxyl groups excluding tert-OH is 2. The predicted octanol–water partition coefficient (Wildman–Crippen LogP) is 10.7. The predicted molar refractivity (Wildman–Crippen MR) is 335 cm³/mol. The lowest BCUT2D eigenvalue weighted by atomic mass is 9.67. The summed E-state index contributed by atoms with van der Waals surface area (Å²) in [7, 11) is 1.51. The van der Waals surface area contributed by atoms with Gasteiger partial charge in [0.05, 0.1) is 55.7 Å². The van der Waals surface area contributed by atoms with Crippen molar-refractivity contribution in [3.63, 3.8) is 0 Å². The summed E-state index contributed by atoms with van der Waals surface area (Å²) in [6, 6.07) is 43.1. The normalized spacial score (nSPS) is 22.3. The third-order valence-electron chi connectivity index (χ3n) is 18.1. The fraction of sp³-hybridized carbons (Fsp3) is 0.296. The molecule has 2 aromatic heterocycles. The van der Waals surface area contributed by atoms with Gasteiger partial charge in [-0.05, 0) is 119 Å². The van der Waals surface area contributed by atoms with Crippen molar-refractivity contribution in [1.29, 1.82) is 0 Å². The first-order chi connectivity index (χ1) is 41.5. The maximum atomic E-state index is 15.3. The molecule has 8 aromatic rings. The standard InChI is InChI=1S/C71H70N6O8/c1-3-52-36-56-47-14-9-12-43(32-47)33-49-22-27-58-68(77(30-29-74-58)69(56)75-52)71(38-50-18-17-45-13-7-8-15-55(45)57(50)39-71)51-23-19-48(59(35-51)76-70(72)73)34-44(40-78)41-84-65-62(49)64-63(60(81)37-61(85-64)46-20-25-53(79)26-21-46)66(67(65)82-2)83-31-28-54(80)24-16-42-10-5-4-6-11-42/h4-21,23-26,32,35-37,44,49-50,54,57-58,68,74-75,78-80H,3,28-31,33-34,38-41H2,1-2H3,(H4,72,73,76)/b24-16+/t44-,49-,50+,54+,57-,58-,68+,71-/m1/s1. The molecule has 2 fully saturated rings. The molecule has 1 saturated heterocycles. The lowest BCUT2D eigenvalue weighted by molar-refractivity contribution is 0.156. The smallest absolute Gasteiger partial charge is 0.204 e. The van der Waals surface area contributed by atoms with E-state index in [9.17, 15) is 15.3 Å². The van der Waals surface area contributed by atoms with Gasteiger partial charge in [0.25, 0.3) is 0 Å². The van der Waals surface area contributed by atoms with Crippen LogP contribution in [-0.2, 0) is 24.7 Å². The molecule has 14 nitrogen and oxygen atoms in total. The van der Waals surface area contributed by atoms with Gasteiger partial charge in [0.2, 0.25) is 5.75 Å². The number of guanidine groups is 1. The Labute approximate surface area is 494 Å². The number of hydrogen-bond donors (Lipinski definition) is 7. The molecule has 1 spiro atoms. The van der Waals surface area contributed by atoms with Gasteiger partial charge >= 0.3 is 0 Å². The summed E-state index contributed by atoms with van der Waals surface area (Å²) >= 11 is 0. The molecule has 8 atom stereocenters. The summed E-state index contributed by atoms with van der Waals surface area (Å²) in [6.45, 7) is 3.15. The molecule has 85 heavy (non-hydrogen) atoms. The van der Waals surface area contributed by atoms with Gasteiger partial charge in [-0.2, -0.15) is 0 Å². The largest absolute Gasteiger partial charge is 0.508 e. The minimum atomic E-state index is -0.897. The van der Waals surface area contributed by atoms with Crippen LogP contribution in [0, 0.1) is 23.7 Å². The number of aromatic amines is 1. The van der Waals surface area contributed by atoms with Gasteiger partial charge in [0, 0.05) is 60.3 Å². The first-order valence-electron chi connectivity index (χ1n) is 29.6. The Morgan fingerprint density at radius 3 is 2.58 bits per heavy atom. The Bertz CT molecular complexity index is 4040. The van der Waals surface area contributed by atoms with Gasteiger partial charge < -0.3 is 60.6 Å². The Morgan fingerprint density at radius 2 is 1.76 bits per heavy atom. The minimum Gasteiger partial charge on any atom is -0.508 e. The molecular weight excluding hydrogens is 1060 g/mol. The number of nitrogens with two attached hydrogens (primary N) is 2. The molecule has 0 unspecified atom stereocenters. The van der Waals surface area contributed by atoms with Gasteiger partial charge in [-0.25, -0.2) is 4.99 Å². The number of aliphatic imine (C=N–C) groups is 1. The number of rotatable bonds is 11. The fourth-order valence-electron chi connectivity index (χ4n) is 14.1. The molecule has 0 amide bonds. The second kappa shape index (κ2) is 23.2. The van der Waals surface area contributed by atoms with E-state index in [4.69, 9.17) is 35.1 Å². The second-order valence-electron chi connectivity index (χ2n) is 23.3. The van der Waals surface area contributed by atoms with E-state index in [-0.39, 0.29) is 89.8 Å². The van der Waals surface area contributed by atoms with Crippen LogP contribution >= 0.6 is 0 Å². The van der Waals surface area contributed by atoms with Gasteiger partial charge in [-0.15, -0.1) is 0 Å². The van der Waals surface area contributed by atoms with Crippen molar-refractivity contribution in [3.05, 3.63) is 200 Å². The van der Waals surface area contributed by atoms with Crippen LogP contribution in [0.3, 0.4) is 0 Å². The molecule has 4 aliphatic heterocycles. The van der Waals surface area contributed by atoms with E-state index in [2.05, 4.69) is 119 Å². The molecule has 8 bridgehead atoms. The number of H-pyrrole nitrogens is 1. The van der Waals surface area contributed by atoms with Gasteiger partial charge in [-0.1, -0.05) is 134 Å². The number of hydrogen-bond acceptors (Lipinski definition) is 11. The first kappa shape index (κ1) is 55.2. The zero-order valence-corrected chi connectivity index (χ0v) is 47.8. The Kier molecular flexibility index (Phi) is 15.1. The number of allylic oxidation sites excluding steroid dienone is 1. The number of benzene rings is 6. The molecule has 14 heteroatoms. The number of aromatic nitrogens is 1. The summed E-state index contributed by atoms with van der Waals surface area (Å²) in [4.78, 5) is 26.7. The summed E-state index contributed by atoms with van der Waals surface area (Å²) in [5.41, 5.74) is 23.2. The quantitative estimate of drug-likeness (QED) is 0.0366. The monoisotopic (exact) mass is 1130 g/mol. The summed E-state index contributed by atoms with van der Waals surface area (Å²) < 4.78 is 27.5. The van der Waals surface area contributed by atoms with Gasteiger partial charge in [0.1, 0.15) is 22.7 Å². The maximum absolute atomic E-state index is 15.3.